The summed E-state index contributed by atoms with van der Waals surface area (Å²) >= 11 is 1.56. The van der Waals surface area contributed by atoms with E-state index in [0.29, 0.717) is 25.0 Å². The Hall–Kier alpha value is -3.00. The number of nitrogens with one attached hydrogen (secondary N) is 1. The van der Waals surface area contributed by atoms with Crippen LogP contribution in [0.2, 0.25) is 0 Å². The maximum atomic E-state index is 13.4. The number of hydrogen-bond donors (Lipinski definition) is 2. The number of thioether (sulfide) groups is 1. The van der Waals surface area contributed by atoms with Crippen molar-refractivity contribution in [1.82, 2.24) is 10.2 Å². The fraction of sp³-hybridized carbons (Fsp3) is 0.444. The van der Waals surface area contributed by atoms with E-state index in [9.17, 15) is 19.5 Å². The Kier molecular flexibility index (Phi) is 7.69. The molecule has 0 aromatic heterocycles. The molecular weight excluding hydrogens is 464 g/mol. The molecule has 8 heteroatoms. The van der Waals surface area contributed by atoms with Gasteiger partial charge in [0.1, 0.15) is 18.2 Å². The Balaban J connectivity index is 1.45. The second kappa shape index (κ2) is 10.7. The van der Waals surface area contributed by atoms with Crippen LogP contribution in [0.5, 0.6) is 0 Å². The predicted molar refractivity (Wildman–Crippen MR) is 137 cm³/mol. The molecule has 2 aliphatic carbocycles. The van der Waals surface area contributed by atoms with Crippen molar-refractivity contribution in [1.29, 1.82) is 0 Å². The zero-order valence-corrected chi connectivity index (χ0v) is 21.0. The van der Waals surface area contributed by atoms with Gasteiger partial charge in [-0.25, -0.2) is 9.59 Å². The highest BCUT2D eigenvalue weighted by Crippen LogP contribution is 2.44. The number of likely N-dealkylation sites (N-methyl/N-ethyl adjacent to an activating group) is 1. The number of carboxylic acid groups (broad SMARTS) is 1. The van der Waals surface area contributed by atoms with Crippen molar-refractivity contribution >= 4 is 29.7 Å². The van der Waals surface area contributed by atoms with Gasteiger partial charge < -0.3 is 20.1 Å². The molecule has 0 saturated heterocycles. The van der Waals surface area contributed by atoms with Crippen LogP contribution < -0.4 is 5.32 Å². The molecule has 2 aliphatic rings. The van der Waals surface area contributed by atoms with Gasteiger partial charge in [0.25, 0.3) is 0 Å². The highest BCUT2D eigenvalue weighted by atomic mass is 32.2. The number of benzene rings is 2. The number of carbonyl (C=O) groups excluding carboxylic acids is 2. The Labute approximate surface area is 210 Å². The van der Waals surface area contributed by atoms with Crippen molar-refractivity contribution in [2.45, 2.75) is 49.6 Å². The van der Waals surface area contributed by atoms with E-state index < -0.39 is 29.6 Å². The van der Waals surface area contributed by atoms with Crippen molar-refractivity contribution < 1.29 is 24.2 Å². The van der Waals surface area contributed by atoms with E-state index in [-0.39, 0.29) is 12.5 Å². The third-order valence-corrected chi connectivity index (χ3v) is 7.99. The summed E-state index contributed by atoms with van der Waals surface area (Å²) in [6.45, 7) is 0.151. The molecule has 0 unspecified atom stereocenters. The topological polar surface area (TPSA) is 95.9 Å². The molecule has 2 amide bonds. The van der Waals surface area contributed by atoms with Crippen LogP contribution in [-0.2, 0) is 14.3 Å². The molecule has 4 rings (SSSR count). The molecule has 1 atom stereocenters. The van der Waals surface area contributed by atoms with Crippen molar-refractivity contribution in [3.63, 3.8) is 0 Å². The smallest absolute Gasteiger partial charge is 0.407 e. The van der Waals surface area contributed by atoms with Gasteiger partial charge in [0.2, 0.25) is 5.91 Å². The van der Waals surface area contributed by atoms with E-state index in [1.54, 1.807) is 11.8 Å². The number of amides is 2. The fourth-order valence-corrected chi connectivity index (χ4v) is 5.84. The first-order valence-corrected chi connectivity index (χ1v) is 13.4. The number of carbonyl (C=O) groups is 3. The van der Waals surface area contributed by atoms with E-state index in [0.717, 1.165) is 35.1 Å². The molecule has 2 aromatic carbocycles. The first-order chi connectivity index (χ1) is 16.9. The van der Waals surface area contributed by atoms with Crippen LogP contribution in [0.3, 0.4) is 0 Å². The highest BCUT2D eigenvalue weighted by molar-refractivity contribution is 7.98. The minimum atomic E-state index is -1.21. The lowest BCUT2D eigenvalue weighted by Gasteiger charge is -2.37. The average molecular weight is 497 g/mol. The van der Waals surface area contributed by atoms with Crippen LogP contribution >= 0.6 is 11.8 Å². The molecule has 1 saturated carbocycles. The largest absolute Gasteiger partial charge is 0.479 e. The predicted octanol–water partition coefficient (Wildman–Crippen LogP) is 4.50. The summed E-state index contributed by atoms with van der Waals surface area (Å²) in [6, 6.07) is 15.3. The number of fused-ring (bicyclic) bond motifs is 3. The highest BCUT2D eigenvalue weighted by Gasteiger charge is 2.48. The van der Waals surface area contributed by atoms with Gasteiger partial charge in [0.15, 0.2) is 0 Å². The van der Waals surface area contributed by atoms with Crippen LogP contribution in [-0.4, -0.2) is 65.2 Å². The van der Waals surface area contributed by atoms with Crippen molar-refractivity contribution in [2.24, 2.45) is 0 Å². The van der Waals surface area contributed by atoms with E-state index >= 15 is 0 Å². The second-order valence-corrected chi connectivity index (χ2v) is 10.2. The number of carboxylic acids is 1. The van der Waals surface area contributed by atoms with Gasteiger partial charge in [-0.05, 0) is 53.5 Å². The molecule has 35 heavy (non-hydrogen) atoms. The van der Waals surface area contributed by atoms with Crippen LogP contribution in [0.15, 0.2) is 48.5 Å². The third kappa shape index (κ3) is 4.89. The number of ether oxygens (including phenoxy) is 1. The SMILES string of the molecule is CSCC[C@@H](NC(=O)OCC1c2ccccc2-c2ccccc21)C(=O)N(C)C1(C(=O)O)CCCC1. The molecule has 1 fully saturated rings. The van der Waals surface area contributed by atoms with Crippen LogP contribution in [0.4, 0.5) is 4.79 Å². The van der Waals surface area contributed by atoms with Crippen molar-refractivity contribution in [2.75, 3.05) is 25.7 Å². The first kappa shape index (κ1) is 25.1. The summed E-state index contributed by atoms with van der Waals surface area (Å²) < 4.78 is 5.63. The maximum absolute atomic E-state index is 13.4. The number of rotatable bonds is 9. The lowest BCUT2D eigenvalue weighted by atomic mass is 9.94. The van der Waals surface area contributed by atoms with E-state index in [4.69, 9.17) is 4.74 Å². The molecule has 0 bridgehead atoms. The summed E-state index contributed by atoms with van der Waals surface area (Å²) in [5.74, 6) is -0.814. The lowest BCUT2D eigenvalue weighted by Crippen LogP contribution is -2.58. The van der Waals surface area contributed by atoms with Crippen molar-refractivity contribution in [3.05, 3.63) is 59.7 Å². The molecule has 0 spiro atoms. The molecule has 0 aliphatic heterocycles. The normalized spacial score (nSPS) is 16.7. The Bertz CT molecular complexity index is 1050. The standard InChI is InChI=1S/C27H32N2O5S/c1-29(27(25(31)32)14-7-8-15-27)24(30)23(13-16-35-2)28-26(33)34-17-22-20-11-5-3-9-18(20)19-10-4-6-12-21(19)22/h3-6,9-12,22-23H,7-8,13-17H2,1-2H3,(H,28,33)(H,31,32)/t23-/m1/s1. The Morgan fingerprint density at radius 2 is 1.66 bits per heavy atom. The average Bonchev–Trinajstić information content (AvgIpc) is 3.49. The Morgan fingerprint density at radius 1 is 1.09 bits per heavy atom. The second-order valence-electron chi connectivity index (χ2n) is 9.25. The van der Waals surface area contributed by atoms with Crippen LogP contribution in [0.25, 0.3) is 11.1 Å². The van der Waals surface area contributed by atoms with Crippen LogP contribution in [0, 0.1) is 0 Å². The summed E-state index contributed by atoms with van der Waals surface area (Å²) in [5, 5.41) is 12.6. The molecule has 7 nitrogen and oxygen atoms in total. The number of nitrogens with zero attached hydrogens (tertiary/aromatic N) is 1. The first-order valence-electron chi connectivity index (χ1n) is 12.0. The monoisotopic (exact) mass is 496 g/mol. The number of aliphatic carboxylic acids is 1. The molecule has 186 valence electrons. The fourth-order valence-electron chi connectivity index (χ4n) is 5.37. The molecule has 0 radical (unpaired) electrons. The summed E-state index contributed by atoms with van der Waals surface area (Å²) in [6.07, 6.45) is 4.02. The zero-order chi connectivity index (χ0) is 25.0. The van der Waals surface area contributed by atoms with Gasteiger partial charge in [-0.3, -0.25) is 4.79 Å². The van der Waals surface area contributed by atoms with Gasteiger partial charge in [-0.2, -0.15) is 11.8 Å². The lowest BCUT2D eigenvalue weighted by molar-refractivity contribution is -0.158. The Morgan fingerprint density at radius 3 is 2.20 bits per heavy atom. The van der Waals surface area contributed by atoms with E-state index in [2.05, 4.69) is 17.4 Å². The van der Waals surface area contributed by atoms with Gasteiger partial charge in [0, 0.05) is 13.0 Å². The quantitative estimate of drug-likeness (QED) is 0.531. The van der Waals surface area contributed by atoms with Crippen molar-refractivity contribution in [3.8, 4) is 11.1 Å². The summed E-state index contributed by atoms with van der Waals surface area (Å²) in [7, 11) is 1.53. The van der Waals surface area contributed by atoms with E-state index in [1.807, 2.05) is 42.7 Å². The minimum Gasteiger partial charge on any atom is -0.479 e. The van der Waals surface area contributed by atoms with Gasteiger partial charge >= 0.3 is 12.1 Å². The van der Waals surface area contributed by atoms with Gasteiger partial charge in [-0.1, -0.05) is 61.4 Å². The number of alkyl carbamates (subject to hydrolysis) is 1. The number of hydrogen-bond acceptors (Lipinski definition) is 5. The maximum Gasteiger partial charge on any atom is 0.407 e. The van der Waals surface area contributed by atoms with Gasteiger partial charge in [-0.15, -0.1) is 0 Å². The summed E-state index contributed by atoms with van der Waals surface area (Å²) in [4.78, 5) is 39.6. The molecule has 0 heterocycles. The molecule has 2 N–H and O–H groups in total. The van der Waals surface area contributed by atoms with Crippen LogP contribution in [0.1, 0.15) is 49.1 Å². The van der Waals surface area contributed by atoms with Gasteiger partial charge in [0.05, 0.1) is 0 Å². The van der Waals surface area contributed by atoms with E-state index in [1.165, 1.54) is 11.9 Å². The third-order valence-electron chi connectivity index (χ3n) is 7.35. The summed E-state index contributed by atoms with van der Waals surface area (Å²) in [5.41, 5.74) is 3.30. The molecular formula is C27H32N2O5S. The molecule has 2 aromatic rings. The zero-order valence-electron chi connectivity index (χ0n) is 20.2. The minimum absolute atomic E-state index is 0.0788.